The van der Waals surface area contributed by atoms with Gasteiger partial charge in [0.15, 0.2) is 0 Å². The van der Waals surface area contributed by atoms with Crippen molar-refractivity contribution in [1.29, 1.82) is 0 Å². The van der Waals surface area contributed by atoms with Crippen molar-refractivity contribution in [2.75, 3.05) is 13.1 Å². The fraction of sp³-hybridized carbons (Fsp3) is 0.538. The lowest BCUT2D eigenvalue weighted by atomic mass is 10.4. The molecule has 1 N–H and O–H groups in total. The monoisotopic (exact) mass is 378 g/mol. The molecule has 0 fully saturated rings. The number of rotatable bonds is 7. The van der Waals surface area contributed by atoms with Crippen LogP contribution in [-0.4, -0.2) is 31.9 Å². The molecule has 0 spiro atoms. The summed E-state index contributed by atoms with van der Waals surface area (Å²) in [5.74, 6) is 2.38. The van der Waals surface area contributed by atoms with Gasteiger partial charge < -0.3 is 5.32 Å². The Hall–Kier alpha value is -0.390. The van der Waals surface area contributed by atoms with Crippen molar-refractivity contribution in [2.24, 2.45) is 0 Å². The van der Waals surface area contributed by atoms with Crippen LogP contribution in [0, 0.1) is 12.3 Å². The first-order valence-electron chi connectivity index (χ1n) is 6.28. The van der Waals surface area contributed by atoms with Crippen molar-refractivity contribution in [2.45, 2.75) is 38.3 Å². The van der Waals surface area contributed by atoms with Crippen LogP contribution in [-0.2, 0) is 16.6 Å². The van der Waals surface area contributed by atoms with Gasteiger partial charge in [-0.3, -0.25) is 0 Å². The molecule has 0 aliphatic carbocycles. The summed E-state index contributed by atoms with van der Waals surface area (Å²) in [6, 6.07) is 2.06. The quantitative estimate of drug-likeness (QED) is 0.741. The second-order valence-corrected chi connectivity index (χ2v) is 8.88. The van der Waals surface area contributed by atoms with Crippen LogP contribution in [0.2, 0.25) is 0 Å². The molecule has 0 unspecified atom stereocenters. The van der Waals surface area contributed by atoms with E-state index in [1.165, 1.54) is 15.6 Å². The molecule has 0 bridgehead atoms. The van der Waals surface area contributed by atoms with Crippen molar-refractivity contribution >= 4 is 37.3 Å². The lowest BCUT2D eigenvalue weighted by Crippen LogP contribution is -2.31. The third-order valence-electron chi connectivity index (χ3n) is 2.63. The maximum Gasteiger partial charge on any atom is 0.245 e. The van der Waals surface area contributed by atoms with Gasteiger partial charge in [-0.1, -0.05) is 26.7 Å². The summed E-state index contributed by atoms with van der Waals surface area (Å²) in [5, 5.41) is 3.27. The highest BCUT2D eigenvalue weighted by Crippen LogP contribution is 2.33. The third kappa shape index (κ3) is 4.30. The smallest absolute Gasteiger partial charge is 0.245 e. The van der Waals surface area contributed by atoms with E-state index in [4.69, 9.17) is 6.42 Å². The predicted octanol–water partition coefficient (Wildman–Crippen LogP) is 2.65. The maximum atomic E-state index is 12.5. The highest BCUT2D eigenvalue weighted by Gasteiger charge is 2.26. The van der Waals surface area contributed by atoms with Crippen LogP contribution in [0.5, 0.6) is 0 Å². The van der Waals surface area contributed by atoms with Crippen LogP contribution in [0.1, 0.15) is 25.6 Å². The van der Waals surface area contributed by atoms with Gasteiger partial charge in [-0.05, 0) is 22.0 Å². The molecule has 1 heterocycles. The Balaban J connectivity index is 3.04. The van der Waals surface area contributed by atoms with Crippen LogP contribution < -0.4 is 5.32 Å². The van der Waals surface area contributed by atoms with Gasteiger partial charge in [-0.2, -0.15) is 4.31 Å². The highest BCUT2D eigenvalue weighted by atomic mass is 79.9. The molecule has 20 heavy (non-hydrogen) atoms. The fourth-order valence-corrected chi connectivity index (χ4v) is 5.52. The topological polar surface area (TPSA) is 49.4 Å². The Morgan fingerprint density at radius 3 is 2.70 bits per heavy atom. The van der Waals surface area contributed by atoms with E-state index >= 15 is 0 Å². The number of hydrogen-bond acceptors (Lipinski definition) is 4. The van der Waals surface area contributed by atoms with Gasteiger partial charge in [0.1, 0.15) is 4.90 Å². The zero-order chi connectivity index (χ0) is 15.3. The number of hydrogen-bond donors (Lipinski definition) is 1. The molecule has 112 valence electrons. The average Bonchev–Trinajstić information content (AvgIpc) is 2.75. The second-order valence-electron chi connectivity index (χ2n) is 4.52. The molecule has 1 aromatic rings. The van der Waals surface area contributed by atoms with Crippen molar-refractivity contribution in [3.05, 3.63) is 14.7 Å². The lowest BCUT2D eigenvalue weighted by Gasteiger charge is -2.17. The number of nitrogens with zero attached hydrogens (tertiary/aromatic N) is 1. The van der Waals surface area contributed by atoms with E-state index in [-0.39, 0.29) is 6.54 Å². The molecule has 0 aliphatic heterocycles. The van der Waals surface area contributed by atoms with Gasteiger partial charge in [0.05, 0.1) is 10.3 Å². The zero-order valence-electron chi connectivity index (χ0n) is 11.8. The standard InChI is InChI=1S/C13H19BrN2O2S2/c1-5-7-16(6-2)20(17,18)12-8-11(19-13(12)14)9-15-10(3)4/h1,8,10,15H,6-7,9H2,2-4H3. The Morgan fingerprint density at radius 1 is 1.55 bits per heavy atom. The highest BCUT2D eigenvalue weighted by molar-refractivity contribution is 9.11. The molecule has 0 saturated carbocycles. The third-order valence-corrected chi connectivity index (χ3v) is 6.80. The summed E-state index contributed by atoms with van der Waals surface area (Å²) in [6.45, 7) is 6.96. The molecule has 0 saturated heterocycles. The predicted molar refractivity (Wildman–Crippen MR) is 87.3 cm³/mol. The first-order chi connectivity index (χ1) is 9.32. The summed E-state index contributed by atoms with van der Waals surface area (Å²) in [4.78, 5) is 1.26. The first-order valence-corrected chi connectivity index (χ1v) is 9.33. The summed E-state index contributed by atoms with van der Waals surface area (Å²) in [5.41, 5.74) is 0. The van der Waals surface area contributed by atoms with E-state index < -0.39 is 10.0 Å². The normalized spacial score (nSPS) is 12.1. The lowest BCUT2D eigenvalue weighted by molar-refractivity contribution is 0.464. The first kappa shape index (κ1) is 17.7. The molecule has 0 radical (unpaired) electrons. The van der Waals surface area contributed by atoms with E-state index in [1.807, 2.05) is 13.8 Å². The number of halogens is 1. The average molecular weight is 379 g/mol. The summed E-state index contributed by atoms with van der Waals surface area (Å²) in [6.07, 6.45) is 5.23. The van der Waals surface area contributed by atoms with Gasteiger partial charge in [0.25, 0.3) is 0 Å². The van der Waals surface area contributed by atoms with E-state index in [9.17, 15) is 8.42 Å². The van der Waals surface area contributed by atoms with Crippen LogP contribution in [0.3, 0.4) is 0 Å². The van der Waals surface area contributed by atoms with Gasteiger partial charge in [0.2, 0.25) is 10.0 Å². The fourth-order valence-electron chi connectivity index (χ4n) is 1.57. The number of sulfonamides is 1. The largest absolute Gasteiger partial charge is 0.310 e. The minimum atomic E-state index is -3.54. The van der Waals surface area contributed by atoms with Gasteiger partial charge in [-0.15, -0.1) is 17.8 Å². The van der Waals surface area contributed by atoms with Crippen LogP contribution in [0.25, 0.3) is 0 Å². The molecule has 4 nitrogen and oxygen atoms in total. The summed E-state index contributed by atoms with van der Waals surface area (Å²) >= 11 is 4.77. The molecule has 0 aromatic carbocycles. The minimum Gasteiger partial charge on any atom is -0.310 e. The molecule has 7 heteroatoms. The molecular weight excluding hydrogens is 360 g/mol. The molecule has 1 rings (SSSR count). The molecular formula is C13H19BrN2O2S2. The minimum absolute atomic E-state index is 0.0840. The molecule has 0 aliphatic rings. The van der Waals surface area contributed by atoms with Gasteiger partial charge in [0, 0.05) is 24.0 Å². The second kappa shape index (κ2) is 7.57. The Bertz CT molecular complexity index is 588. The number of thiophene rings is 1. The SMILES string of the molecule is C#CCN(CC)S(=O)(=O)c1cc(CNC(C)C)sc1Br. The number of terminal acetylenes is 1. The molecule has 0 amide bonds. The van der Waals surface area contributed by atoms with E-state index in [0.717, 1.165) is 4.88 Å². The van der Waals surface area contributed by atoms with Gasteiger partial charge >= 0.3 is 0 Å². The Morgan fingerprint density at radius 2 is 2.20 bits per heavy atom. The summed E-state index contributed by atoms with van der Waals surface area (Å²) in [7, 11) is -3.54. The van der Waals surface area contributed by atoms with Crippen molar-refractivity contribution in [3.63, 3.8) is 0 Å². The van der Waals surface area contributed by atoms with E-state index in [0.29, 0.717) is 27.8 Å². The van der Waals surface area contributed by atoms with Crippen molar-refractivity contribution in [1.82, 2.24) is 9.62 Å². The van der Waals surface area contributed by atoms with Crippen molar-refractivity contribution < 1.29 is 8.42 Å². The van der Waals surface area contributed by atoms with Crippen LogP contribution in [0.15, 0.2) is 14.7 Å². The van der Waals surface area contributed by atoms with E-state index in [2.05, 4.69) is 27.2 Å². The maximum absolute atomic E-state index is 12.5. The van der Waals surface area contributed by atoms with Crippen LogP contribution >= 0.6 is 27.3 Å². The Labute approximate surface area is 133 Å². The summed E-state index contributed by atoms with van der Waals surface area (Å²) < 4.78 is 26.9. The number of nitrogens with one attached hydrogen (secondary N) is 1. The van der Waals surface area contributed by atoms with Gasteiger partial charge in [-0.25, -0.2) is 8.42 Å². The van der Waals surface area contributed by atoms with Crippen molar-refractivity contribution in [3.8, 4) is 12.3 Å². The van der Waals surface area contributed by atoms with Crippen LogP contribution in [0.4, 0.5) is 0 Å². The molecule has 1 aromatic heterocycles. The van der Waals surface area contributed by atoms with E-state index in [1.54, 1.807) is 13.0 Å². The Kier molecular flexibility index (Phi) is 6.69. The molecule has 0 atom stereocenters. The zero-order valence-corrected chi connectivity index (χ0v) is 15.0.